The Labute approximate surface area is 236 Å². The maximum Gasteiger partial charge on any atom is 0.264 e. The van der Waals surface area contributed by atoms with Gasteiger partial charge in [-0.05, 0) is 90.0 Å². The summed E-state index contributed by atoms with van der Waals surface area (Å²) in [6.45, 7) is 5.21. The van der Waals surface area contributed by atoms with E-state index in [1.807, 2.05) is 68.4 Å². The molecule has 8 heteroatoms. The fraction of sp³-hybridized carbons (Fsp3) is 0.161. The van der Waals surface area contributed by atoms with Crippen LogP contribution in [0.1, 0.15) is 25.0 Å². The highest BCUT2D eigenvalue weighted by Crippen LogP contribution is 2.39. The Bertz CT molecular complexity index is 1560. The van der Waals surface area contributed by atoms with Crippen molar-refractivity contribution >= 4 is 57.0 Å². The number of carbonyl (C=O) groups is 1. The molecule has 1 heterocycles. The molecule has 6 nitrogen and oxygen atoms in total. The van der Waals surface area contributed by atoms with E-state index in [4.69, 9.17) is 25.8 Å². The zero-order valence-electron chi connectivity index (χ0n) is 21.6. The number of nitrogens with one attached hydrogen (secondary N) is 1. The zero-order chi connectivity index (χ0) is 27.2. The number of hydrogen-bond acceptors (Lipinski definition) is 6. The standard InChI is InChI=1S/C31H27ClN2O4S/c1-3-36-24-14-12-23(13-15-24)33-31-34-30(35)28(39-31)18-20-16-26(32)29(27(17-20)37-4-2)38-19-22-10-7-9-21-8-5-6-11-25(21)22/h5-18H,3-4,19H2,1-2H3,(H,33,34,35)/b28-18+. The van der Waals surface area contributed by atoms with Crippen molar-refractivity contribution in [3.63, 3.8) is 0 Å². The summed E-state index contributed by atoms with van der Waals surface area (Å²) in [5.74, 6) is 1.53. The van der Waals surface area contributed by atoms with Gasteiger partial charge in [0.1, 0.15) is 12.4 Å². The van der Waals surface area contributed by atoms with Crippen molar-refractivity contribution in [2.75, 3.05) is 13.2 Å². The third-order valence-corrected chi connectivity index (χ3v) is 7.10. The smallest absolute Gasteiger partial charge is 0.264 e. The van der Waals surface area contributed by atoms with Gasteiger partial charge >= 0.3 is 0 Å². The number of rotatable bonds is 9. The molecule has 0 aromatic heterocycles. The monoisotopic (exact) mass is 558 g/mol. The Morgan fingerprint density at radius 2 is 1.69 bits per heavy atom. The first-order chi connectivity index (χ1) is 19.0. The van der Waals surface area contributed by atoms with Gasteiger partial charge in [-0.3, -0.25) is 4.79 Å². The van der Waals surface area contributed by atoms with Gasteiger partial charge in [-0.2, -0.15) is 0 Å². The normalized spacial score (nSPS) is 15.1. The van der Waals surface area contributed by atoms with Crippen LogP contribution in [0, 0.1) is 0 Å². The van der Waals surface area contributed by atoms with E-state index in [0.29, 0.717) is 46.4 Å². The highest BCUT2D eigenvalue weighted by Gasteiger charge is 2.24. The second kappa shape index (κ2) is 12.3. The van der Waals surface area contributed by atoms with E-state index in [1.165, 1.54) is 11.8 Å². The van der Waals surface area contributed by atoms with Crippen LogP contribution in [0.15, 0.2) is 88.8 Å². The van der Waals surface area contributed by atoms with Crippen molar-refractivity contribution in [3.8, 4) is 17.2 Å². The molecular formula is C31H27ClN2O4S. The lowest BCUT2D eigenvalue weighted by Gasteiger charge is -2.15. The van der Waals surface area contributed by atoms with Crippen LogP contribution in [0.25, 0.3) is 16.8 Å². The van der Waals surface area contributed by atoms with Crippen molar-refractivity contribution in [1.29, 1.82) is 0 Å². The van der Waals surface area contributed by atoms with Gasteiger partial charge in [0, 0.05) is 0 Å². The van der Waals surface area contributed by atoms with Gasteiger partial charge in [0.15, 0.2) is 16.7 Å². The minimum atomic E-state index is -0.227. The van der Waals surface area contributed by atoms with Crippen molar-refractivity contribution in [2.24, 2.45) is 4.99 Å². The number of hydrogen-bond donors (Lipinski definition) is 1. The Balaban J connectivity index is 1.35. The van der Waals surface area contributed by atoms with E-state index < -0.39 is 0 Å². The number of carbonyl (C=O) groups excluding carboxylic acids is 1. The van der Waals surface area contributed by atoms with Crippen molar-refractivity contribution in [2.45, 2.75) is 20.5 Å². The van der Waals surface area contributed by atoms with Crippen LogP contribution in [0.3, 0.4) is 0 Å². The molecule has 4 aromatic carbocycles. The lowest BCUT2D eigenvalue weighted by Crippen LogP contribution is -2.19. The summed E-state index contributed by atoms with van der Waals surface area (Å²) < 4.78 is 17.5. The minimum absolute atomic E-state index is 0.227. The van der Waals surface area contributed by atoms with Gasteiger partial charge in [-0.25, -0.2) is 4.99 Å². The molecule has 0 aliphatic carbocycles. The largest absolute Gasteiger partial charge is 0.494 e. The second-order valence-electron chi connectivity index (χ2n) is 8.60. The Morgan fingerprint density at radius 3 is 2.49 bits per heavy atom. The molecule has 0 saturated carbocycles. The summed E-state index contributed by atoms with van der Waals surface area (Å²) >= 11 is 7.94. The van der Waals surface area contributed by atoms with Crippen LogP contribution in [-0.2, 0) is 11.4 Å². The van der Waals surface area contributed by atoms with Gasteiger partial charge < -0.3 is 19.5 Å². The molecule has 0 spiro atoms. The topological polar surface area (TPSA) is 69.2 Å². The van der Waals surface area contributed by atoms with E-state index in [-0.39, 0.29) is 5.91 Å². The zero-order valence-corrected chi connectivity index (χ0v) is 23.1. The quantitative estimate of drug-likeness (QED) is 0.213. The van der Waals surface area contributed by atoms with E-state index in [2.05, 4.69) is 28.5 Å². The highest BCUT2D eigenvalue weighted by atomic mass is 35.5. The minimum Gasteiger partial charge on any atom is -0.494 e. The molecule has 198 valence electrons. The molecule has 0 atom stereocenters. The molecule has 1 amide bonds. The van der Waals surface area contributed by atoms with Gasteiger partial charge in [0.2, 0.25) is 0 Å². The molecule has 0 radical (unpaired) electrons. The average molecular weight is 559 g/mol. The number of ether oxygens (including phenoxy) is 3. The third-order valence-electron chi connectivity index (χ3n) is 5.91. The molecule has 39 heavy (non-hydrogen) atoms. The van der Waals surface area contributed by atoms with E-state index >= 15 is 0 Å². The number of benzene rings is 4. The summed E-state index contributed by atoms with van der Waals surface area (Å²) in [6.07, 6.45) is 1.77. The number of fused-ring (bicyclic) bond motifs is 1. The van der Waals surface area contributed by atoms with E-state index in [0.717, 1.165) is 33.3 Å². The summed E-state index contributed by atoms with van der Waals surface area (Å²) in [5, 5.41) is 6.00. The van der Waals surface area contributed by atoms with Crippen LogP contribution in [0.4, 0.5) is 5.69 Å². The number of halogens is 1. The lowest BCUT2D eigenvalue weighted by atomic mass is 10.1. The highest BCUT2D eigenvalue weighted by molar-refractivity contribution is 8.18. The van der Waals surface area contributed by atoms with Gasteiger partial charge in [0.05, 0.1) is 28.8 Å². The molecular weight excluding hydrogens is 532 g/mol. The molecule has 5 rings (SSSR count). The third kappa shape index (κ3) is 6.38. The molecule has 1 saturated heterocycles. The number of aliphatic imine (C=N–C) groups is 1. The average Bonchev–Trinajstić information content (AvgIpc) is 3.27. The molecule has 0 bridgehead atoms. The first-order valence-corrected chi connectivity index (χ1v) is 13.8. The van der Waals surface area contributed by atoms with Crippen LogP contribution >= 0.6 is 23.4 Å². The van der Waals surface area contributed by atoms with Crippen molar-refractivity contribution in [1.82, 2.24) is 5.32 Å². The Morgan fingerprint density at radius 1 is 0.923 bits per heavy atom. The van der Waals surface area contributed by atoms with Crippen LogP contribution in [0.2, 0.25) is 5.02 Å². The first kappa shape index (κ1) is 26.7. The fourth-order valence-electron chi connectivity index (χ4n) is 4.18. The second-order valence-corrected chi connectivity index (χ2v) is 10.0. The number of nitrogens with zero attached hydrogens (tertiary/aromatic N) is 1. The molecule has 1 aliphatic rings. The van der Waals surface area contributed by atoms with Gasteiger partial charge in [0.25, 0.3) is 5.91 Å². The van der Waals surface area contributed by atoms with Crippen molar-refractivity contribution in [3.05, 3.63) is 99.9 Å². The predicted molar refractivity (Wildman–Crippen MR) is 159 cm³/mol. The SMILES string of the molecule is CCOc1ccc(N=C2NC(=O)/C(=C\c3cc(Cl)c(OCc4cccc5ccccc45)c(OCC)c3)S2)cc1. The molecule has 0 unspecified atom stereocenters. The molecule has 1 N–H and O–H groups in total. The van der Waals surface area contributed by atoms with Crippen LogP contribution in [-0.4, -0.2) is 24.3 Å². The maximum atomic E-state index is 12.7. The predicted octanol–water partition coefficient (Wildman–Crippen LogP) is 7.76. The summed E-state index contributed by atoms with van der Waals surface area (Å²) in [7, 11) is 0. The Hall–Kier alpha value is -3.94. The summed E-state index contributed by atoms with van der Waals surface area (Å²) in [5.41, 5.74) is 2.49. The lowest BCUT2D eigenvalue weighted by molar-refractivity contribution is -0.115. The molecule has 4 aromatic rings. The van der Waals surface area contributed by atoms with Crippen molar-refractivity contribution < 1.29 is 19.0 Å². The Kier molecular flexibility index (Phi) is 8.39. The van der Waals surface area contributed by atoms with E-state index in [1.54, 1.807) is 12.1 Å². The fourth-order valence-corrected chi connectivity index (χ4v) is 5.29. The van der Waals surface area contributed by atoms with Crippen LogP contribution in [0.5, 0.6) is 17.2 Å². The van der Waals surface area contributed by atoms with Gasteiger partial charge in [-0.1, -0.05) is 54.1 Å². The van der Waals surface area contributed by atoms with Gasteiger partial charge in [-0.15, -0.1) is 0 Å². The number of amides is 1. The summed E-state index contributed by atoms with van der Waals surface area (Å²) in [6, 6.07) is 25.3. The first-order valence-electron chi connectivity index (χ1n) is 12.6. The van der Waals surface area contributed by atoms with Crippen LogP contribution < -0.4 is 19.5 Å². The number of amidine groups is 1. The maximum absolute atomic E-state index is 12.7. The number of thioether (sulfide) groups is 1. The molecule has 1 aliphatic heterocycles. The van der Waals surface area contributed by atoms with E-state index in [9.17, 15) is 4.79 Å². The molecule has 1 fully saturated rings. The summed E-state index contributed by atoms with van der Waals surface area (Å²) in [4.78, 5) is 17.7.